The van der Waals surface area contributed by atoms with E-state index in [1.807, 2.05) is 29.2 Å². The van der Waals surface area contributed by atoms with Crippen molar-refractivity contribution in [1.82, 2.24) is 4.90 Å². The van der Waals surface area contributed by atoms with Crippen LogP contribution < -0.4 is 11.1 Å². The van der Waals surface area contributed by atoms with Gasteiger partial charge >= 0.3 is 0 Å². The van der Waals surface area contributed by atoms with Crippen LogP contribution in [0.15, 0.2) is 28.7 Å². The second kappa shape index (κ2) is 7.20. The number of nitrogens with two attached hydrogens (primary N) is 1. The number of amides is 1. The number of hydrogen-bond acceptors (Lipinski definition) is 4. The van der Waals surface area contributed by atoms with Crippen molar-refractivity contribution in [1.29, 1.82) is 0 Å². The van der Waals surface area contributed by atoms with Gasteiger partial charge in [-0.2, -0.15) is 0 Å². The van der Waals surface area contributed by atoms with E-state index in [-0.39, 0.29) is 11.9 Å². The molecule has 1 aromatic carbocycles. The Kier molecular flexibility index (Phi) is 5.24. The molecule has 23 heavy (non-hydrogen) atoms. The van der Waals surface area contributed by atoms with Gasteiger partial charge in [-0.3, -0.25) is 4.79 Å². The van der Waals surface area contributed by atoms with Crippen LogP contribution in [0.2, 0.25) is 0 Å². The molecule has 6 heteroatoms. The first-order valence-electron chi connectivity index (χ1n) is 8.25. The normalized spacial score (nSPS) is 28.4. The van der Waals surface area contributed by atoms with Crippen molar-refractivity contribution < 1.29 is 9.53 Å². The topological polar surface area (TPSA) is 67.6 Å². The number of anilines is 1. The molecule has 0 bridgehead atoms. The van der Waals surface area contributed by atoms with Gasteiger partial charge in [0.1, 0.15) is 5.54 Å². The standard InChI is InChI=1S/C17H24BrN3O2/c18-13-2-1-3-15(12-13)20-17(6-4-14(19)5-7-17)16(22)21-8-10-23-11-9-21/h1-3,12,14,20H,4-11,19H2. The van der Waals surface area contributed by atoms with Gasteiger partial charge in [0.2, 0.25) is 5.91 Å². The van der Waals surface area contributed by atoms with E-state index in [9.17, 15) is 4.79 Å². The van der Waals surface area contributed by atoms with Crippen molar-refractivity contribution in [2.45, 2.75) is 37.3 Å². The Morgan fingerprint density at radius 2 is 2.00 bits per heavy atom. The van der Waals surface area contributed by atoms with Crippen LogP contribution in [0.3, 0.4) is 0 Å². The van der Waals surface area contributed by atoms with Crippen LogP contribution in [-0.2, 0) is 9.53 Å². The fourth-order valence-corrected chi connectivity index (χ4v) is 3.84. The summed E-state index contributed by atoms with van der Waals surface area (Å²) >= 11 is 3.50. The molecule has 5 nitrogen and oxygen atoms in total. The van der Waals surface area contributed by atoms with Crippen molar-refractivity contribution in [2.75, 3.05) is 31.6 Å². The summed E-state index contributed by atoms with van der Waals surface area (Å²) in [5.74, 6) is 0.188. The van der Waals surface area contributed by atoms with Gasteiger partial charge in [0.15, 0.2) is 0 Å². The molecule has 1 heterocycles. The van der Waals surface area contributed by atoms with Crippen LogP contribution in [0, 0.1) is 0 Å². The fourth-order valence-electron chi connectivity index (χ4n) is 3.44. The monoisotopic (exact) mass is 381 g/mol. The van der Waals surface area contributed by atoms with E-state index in [1.54, 1.807) is 0 Å². The van der Waals surface area contributed by atoms with Crippen LogP contribution in [-0.4, -0.2) is 48.7 Å². The van der Waals surface area contributed by atoms with E-state index in [2.05, 4.69) is 21.2 Å². The SMILES string of the molecule is NC1CCC(Nc2cccc(Br)c2)(C(=O)N2CCOCC2)CC1. The molecule has 1 saturated carbocycles. The van der Waals surface area contributed by atoms with Gasteiger partial charge in [-0.25, -0.2) is 0 Å². The quantitative estimate of drug-likeness (QED) is 0.842. The summed E-state index contributed by atoms with van der Waals surface area (Å²) < 4.78 is 6.38. The highest BCUT2D eigenvalue weighted by Crippen LogP contribution is 2.34. The lowest BCUT2D eigenvalue weighted by molar-refractivity contribution is -0.141. The molecule has 0 aromatic heterocycles. The molecule has 0 atom stereocenters. The molecule has 1 aliphatic carbocycles. The Morgan fingerprint density at radius 1 is 1.30 bits per heavy atom. The van der Waals surface area contributed by atoms with Gasteiger partial charge in [0, 0.05) is 29.3 Å². The van der Waals surface area contributed by atoms with Crippen LogP contribution in [0.4, 0.5) is 5.69 Å². The maximum absolute atomic E-state index is 13.2. The van der Waals surface area contributed by atoms with E-state index in [4.69, 9.17) is 10.5 Å². The van der Waals surface area contributed by atoms with Crippen molar-refractivity contribution >= 4 is 27.5 Å². The van der Waals surface area contributed by atoms with Gasteiger partial charge in [-0.05, 0) is 43.9 Å². The zero-order valence-corrected chi connectivity index (χ0v) is 14.8. The van der Waals surface area contributed by atoms with Crippen molar-refractivity contribution in [3.8, 4) is 0 Å². The predicted molar refractivity (Wildman–Crippen MR) is 94.3 cm³/mol. The minimum Gasteiger partial charge on any atom is -0.378 e. The zero-order valence-electron chi connectivity index (χ0n) is 13.3. The fraction of sp³-hybridized carbons (Fsp3) is 0.588. The Morgan fingerprint density at radius 3 is 2.65 bits per heavy atom. The first-order chi connectivity index (χ1) is 11.1. The van der Waals surface area contributed by atoms with E-state index in [0.717, 1.165) is 35.8 Å². The summed E-state index contributed by atoms with van der Waals surface area (Å²) in [5, 5.41) is 3.54. The van der Waals surface area contributed by atoms with Crippen LogP contribution in [0.5, 0.6) is 0 Å². The molecule has 1 amide bonds. The number of ether oxygens (including phenoxy) is 1. The number of nitrogens with zero attached hydrogens (tertiary/aromatic N) is 1. The van der Waals surface area contributed by atoms with E-state index >= 15 is 0 Å². The van der Waals surface area contributed by atoms with Gasteiger partial charge in [-0.15, -0.1) is 0 Å². The Bertz CT molecular complexity index is 553. The van der Waals surface area contributed by atoms with Gasteiger partial charge < -0.3 is 20.7 Å². The van der Waals surface area contributed by atoms with Crippen LogP contribution in [0.1, 0.15) is 25.7 Å². The summed E-state index contributed by atoms with van der Waals surface area (Å²) in [6, 6.07) is 8.19. The molecule has 1 aliphatic heterocycles. The average molecular weight is 382 g/mol. The highest BCUT2D eigenvalue weighted by Gasteiger charge is 2.43. The van der Waals surface area contributed by atoms with Gasteiger partial charge in [-0.1, -0.05) is 22.0 Å². The van der Waals surface area contributed by atoms with Crippen LogP contribution in [0.25, 0.3) is 0 Å². The van der Waals surface area contributed by atoms with E-state index in [1.165, 1.54) is 0 Å². The highest BCUT2D eigenvalue weighted by atomic mass is 79.9. The molecule has 1 saturated heterocycles. The highest BCUT2D eigenvalue weighted by molar-refractivity contribution is 9.10. The lowest BCUT2D eigenvalue weighted by Crippen LogP contribution is -2.58. The minimum absolute atomic E-state index is 0.188. The number of carbonyl (C=O) groups excluding carboxylic acids is 1. The number of nitrogens with one attached hydrogen (secondary N) is 1. The summed E-state index contributed by atoms with van der Waals surface area (Å²) in [6.45, 7) is 2.59. The molecule has 2 fully saturated rings. The summed E-state index contributed by atoms with van der Waals surface area (Å²) in [4.78, 5) is 15.2. The maximum atomic E-state index is 13.2. The predicted octanol–water partition coefficient (Wildman–Crippen LogP) is 2.36. The lowest BCUT2D eigenvalue weighted by Gasteiger charge is -2.43. The largest absolute Gasteiger partial charge is 0.378 e. The molecule has 0 radical (unpaired) electrons. The van der Waals surface area contributed by atoms with Gasteiger partial charge in [0.25, 0.3) is 0 Å². The summed E-state index contributed by atoms with van der Waals surface area (Å²) in [5.41, 5.74) is 6.49. The smallest absolute Gasteiger partial charge is 0.248 e. The number of carbonyl (C=O) groups is 1. The summed E-state index contributed by atoms with van der Waals surface area (Å²) in [6.07, 6.45) is 3.29. The van der Waals surface area contributed by atoms with E-state index in [0.29, 0.717) is 26.3 Å². The molecule has 3 N–H and O–H groups in total. The Labute approximate surface area is 145 Å². The van der Waals surface area contributed by atoms with Crippen LogP contribution >= 0.6 is 15.9 Å². The number of rotatable bonds is 3. The molecule has 1 aromatic rings. The molecule has 3 rings (SSSR count). The lowest BCUT2D eigenvalue weighted by atomic mass is 9.78. The Hall–Kier alpha value is -1.11. The number of morpholine rings is 1. The zero-order chi connectivity index (χ0) is 16.3. The maximum Gasteiger partial charge on any atom is 0.248 e. The molecular weight excluding hydrogens is 358 g/mol. The second-order valence-corrected chi connectivity index (χ2v) is 7.38. The number of benzene rings is 1. The van der Waals surface area contributed by atoms with Crippen molar-refractivity contribution in [3.05, 3.63) is 28.7 Å². The third-order valence-corrected chi connectivity index (χ3v) is 5.29. The average Bonchev–Trinajstić information content (AvgIpc) is 2.57. The molecule has 0 spiro atoms. The summed E-state index contributed by atoms with van der Waals surface area (Å²) in [7, 11) is 0. The van der Waals surface area contributed by atoms with Gasteiger partial charge in [0.05, 0.1) is 13.2 Å². The first kappa shape index (κ1) is 16.7. The minimum atomic E-state index is -0.548. The van der Waals surface area contributed by atoms with Crippen molar-refractivity contribution in [2.24, 2.45) is 5.73 Å². The molecule has 0 unspecified atom stereocenters. The molecular formula is C17H24BrN3O2. The first-order valence-corrected chi connectivity index (χ1v) is 9.05. The molecule has 2 aliphatic rings. The number of hydrogen-bond donors (Lipinski definition) is 2. The van der Waals surface area contributed by atoms with Crippen molar-refractivity contribution in [3.63, 3.8) is 0 Å². The molecule has 126 valence electrons. The third kappa shape index (κ3) is 3.87. The second-order valence-electron chi connectivity index (χ2n) is 6.46. The Balaban J connectivity index is 1.83. The van der Waals surface area contributed by atoms with E-state index < -0.39 is 5.54 Å². The number of halogens is 1. The third-order valence-electron chi connectivity index (χ3n) is 4.80.